The normalized spacial score (nSPS) is 14.2. The molecule has 2 aromatic carbocycles. The van der Waals surface area contributed by atoms with Gasteiger partial charge in [0, 0.05) is 12.2 Å². The summed E-state index contributed by atoms with van der Waals surface area (Å²) in [5, 5.41) is 2.95. The van der Waals surface area contributed by atoms with E-state index in [0.29, 0.717) is 42.5 Å². The number of anilines is 1. The first-order chi connectivity index (χ1) is 13.9. The van der Waals surface area contributed by atoms with E-state index in [1.807, 2.05) is 6.92 Å². The minimum absolute atomic E-state index is 0.157. The van der Waals surface area contributed by atoms with Crippen LogP contribution in [-0.4, -0.2) is 29.9 Å². The summed E-state index contributed by atoms with van der Waals surface area (Å²) in [5.41, 5.74) is 1.46. The Kier molecular flexibility index (Phi) is 6.32. The lowest BCUT2D eigenvalue weighted by atomic mass is 10.0. The van der Waals surface area contributed by atoms with E-state index in [1.165, 1.54) is 17.0 Å². The van der Waals surface area contributed by atoms with E-state index in [0.717, 1.165) is 0 Å². The first-order valence-corrected chi connectivity index (χ1v) is 9.77. The number of halogens is 1. The standard InChI is InChI=1S/C23H25FN2O3/c1-4-12-26-22(27)20(16-8-10-19(11-9-16)29-14-15(2)3)21(23(26)28)25-18-7-5-6-17(24)13-18/h5-11,13,15,25H,4,12,14H2,1-3H3. The number of nitrogens with zero attached hydrogens (tertiary/aromatic N) is 1. The predicted molar refractivity (Wildman–Crippen MR) is 111 cm³/mol. The van der Waals surface area contributed by atoms with Gasteiger partial charge in [-0.1, -0.05) is 39.0 Å². The van der Waals surface area contributed by atoms with Crippen LogP contribution in [0.3, 0.4) is 0 Å². The Morgan fingerprint density at radius 1 is 1.07 bits per heavy atom. The van der Waals surface area contributed by atoms with E-state index in [4.69, 9.17) is 4.74 Å². The molecule has 0 atom stereocenters. The van der Waals surface area contributed by atoms with E-state index in [-0.39, 0.29) is 17.2 Å². The number of amides is 2. The molecule has 0 aromatic heterocycles. The Morgan fingerprint density at radius 3 is 2.41 bits per heavy atom. The number of rotatable bonds is 8. The number of carbonyl (C=O) groups is 2. The third kappa shape index (κ3) is 4.65. The predicted octanol–water partition coefficient (Wildman–Crippen LogP) is 4.46. The monoisotopic (exact) mass is 396 g/mol. The molecule has 152 valence electrons. The number of imide groups is 1. The highest BCUT2D eigenvalue weighted by molar-refractivity contribution is 6.36. The topological polar surface area (TPSA) is 58.6 Å². The van der Waals surface area contributed by atoms with Gasteiger partial charge in [-0.15, -0.1) is 0 Å². The van der Waals surface area contributed by atoms with Crippen molar-refractivity contribution in [1.82, 2.24) is 4.90 Å². The van der Waals surface area contributed by atoms with Crippen molar-refractivity contribution < 1.29 is 18.7 Å². The van der Waals surface area contributed by atoms with Gasteiger partial charge in [-0.25, -0.2) is 4.39 Å². The maximum atomic E-state index is 13.6. The second-order valence-electron chi connectivity index (χ2n) is 7.38. The Bertz CT molecular complexity index is 935. The molecule has 0 fully saturated rings. The first kappa shape index (κ1) is 20.6. The van der Waals surface area contributed by atoms with Crippen LogP contribution >= 0.6 is 0 Å². The van der Waals surface area contributed by atoms with Crippen LogP contribution in [0.25, 0.3) is 5.57 Å². The van der Waals surface area contributed by atoms with Gasteiger partial charge in [-0.05, 0) is 48.2 Å². The average molecular weight is 396 g/mol. The average Bonchev–Trinajstić information content (AvgIpc) is 2.91. The molecule has 0 radical (unpaired) electrons. The van der Waals surface area contributed by atoms with Gasteiger partial charge in [0.15, 0.2) is 0 Å². The van der Waals surface area contributed by atoms with Crippen LogP contribution in [0.2, 0.25) is 0 Å². The maximum Gasteiger partial charge on any atom is 0.278 e. The number of hydrogen-bond donors (Lipinski definition) is 1. The lowest BCUT2D eigenvalue weighted by Gasteiger charge is -2.13. The third-order valence-electron chi connectivity index (χ3n) is 4.44. The van der Waals surface area contributed by atoms with E-state index in [2.05, 4.69) is 19.2 Å². The molecule has 1 N–H and O–H groups in total. The number of nitrogens with one attached hydrogen (secondary N) is 1. The zero-order valence-electron chi connectivity index (χ0n) is 16.9. The Balaban J connectivity index is 1.96. The lowest BCUT2D eigenvalue weighted by molar-refractivity contribution is -0.136. The van der Waals surface area contributed by atoms with Crippen molar-refractivity contribution >= 4 is 23.1 Å². The van der Waals surface area contributed by atoms with Crippen molar-refractivity contribution in [3.05, 3.63) is 65.6 Å². The Hall–Kier alpha value is -3.15. The molecule has 5 nitrogen and oxygen atoms in total. The fourth-order valence-corrected chi connectivity index (χ4v) is 3.08. The van der Waals surface area contributed by atoms with Gasteiger partial charge in [-0.2, -0.15) is 0 Å². The number of hydrogen-bond acceptors (Lipinski definition) is 4. The van der Waals surface area contributed by atoms with E-state index >= 15 is 0 Å². The van der Waals surface area contributed by atoms with E-state index in [1.54, 1.807) is 36.4 Å². The zero-order valence-corrected chi connectivity index (χ0v) is 16.9. The lowest BCUT2D eigenvalue weighted by Crippen LogP contribution is -2.33. The number of benzene rings is 2. The quantitative estimate of drug-likeness (QED) is 0.669. The summed E-state index contributed by atoms with van der Waals surface area (Å²) in [7, 11) is 0. The summed E-state index contributed by atoms with van der Waals surface area (Å²) in [4.78, 5) is 27.1. The van der Waals surface area contributed by atoms with Crippen molar-refractivity contribution in [2.24, 2.45) is 5.92 Å². The summed E-state index contributed by atoms with van der Waals surface area (Å²) in [5.74, 6) is -0.0881. The minimum atomic E-state index is -0.425. The molecule has 0 saturated carbocycles. The fraction of sp³-hybridized carbons (Fsp3) is 0.304. The van der Waals surface area contributed by atoms with Crippen molar-refractivity contribution in [2.45, 2.75) is 27.2 Å². The van der Waals surface area contributed by atoms with Crippen LogP contribution in [0.4, 0.5) is 10.1 Å². The molecule has 29 heavy (non-hydrogen) atoms. The Labute approximate surface area is 170 Å². The maximum absolute atomic E-state index is 13.6. The highest BCUT2D eigenvalue weighted by Gasteiger charge is 2.38. The van der Waals surface area contributed by atoms with Crippen molar-refractivity contribution in [3.8, 4) is 5.75 Å². The highest BCUT2D eigenvalue weighted by Crippen LogP contribution is 2.31. The van der Waals surface area contributed by atoms with Crippen LogP contribution in [0.15, 0.2) is 54.2 Å². The summed E-state index contributed by atoms with van der Waals surface area (Å²) >= 11 is 0. The summed E-state index contributed by atoms with van der Waals surface area (Å²) in [6.07, 6.45) is 0.653. The molecule has 0 spiro atoms. The number of ether oxygens (including phenoxy) is 1. The first-order valence-electron chi connectivity index (χ1n) is 9.77. The summed E-state index contributed by atoms with van der Waals surface area (Å²) in [6, 6.07) is 12.9. The minimum Gasteiger partial charge on any atom is -0.493 e. The molecule has 1 aliphatic heterocycles. The van der Waals surface area contributed by atoms with Crippen LogP contribution in [0.1, 0.15) is 32.8 Å². The van der Waals surface area contributed by atoms with Gasteiger partial charge in [0.05, 0.1) is 12.2 Å². The second kappa shape index (κ2) is 8.90. The van der Waals surface area contributed by atoms with Gasteiger partial charge in [0.25, 0.3) is 11.8 Å². The third-order valence-corrected chi connectivity index (χ3v) is 4.44. The molecule has 1 aliphatic rings. The van der Waals surface area contributed by atoms with Gasteiger partial charge in [0.2, 0.25) is 0 Å². The van der Waals surface area contributed by atoms with E-state index in [9.17, 15) is 14.0 Å². The Morgan fingerprint density at radius 2 is 1.79 bits per heavy atom. The SMILES string of the molecule is CCCN1C(=O)C(Nc2cccc(F)c2)=C(c2ccc(OCC(C)C)cc2)C1=O. The second-order valence-corrected chi connectivity index (χ2v) is 7.38. The fourth-order valence-electron chi connectivity index (χ4n) is 3.08. The molecule has 0 unspecified atom stereocenters. The van der Waals surface area contributed by atoms with Crippen molar-refractivity contribution in [2.75, 3.05) is 18.5 Å². The van der Waals surface area contributed by atoms with E-state index < -0.39 is 11.7 Å². The van der Waals surface area contributed by atoms with Crippen LogP contribution < -0.4 is 10.1 Å². The molecule has 0 saturated heterocycles. The van der Waals surface area contributed by atoms with Crippen LogP contribution in [0.5, 0.6) is 5.75 Å². The molecule has 3 rings (SSSR count). The van der Waals surface area contributed by atoms with Gasteiger partial charge < -0.3 is 10.1 Å². The largest absolute Gasteiger partial charge is 0.493 e. The van der Waals surface area contributed by atoms with Gasteiger partial charge in [0.1, 0.15) is 17.3 Å². The van der Waals surface area contributed by atoms with Crippen molar-refractivity contribution in [1.29, 1.82) is 0 Å². The summed E-state index contributed by atoms with van der Waals surface area (Å²) in [6.45, 7) is 6.95. The summed E-state index contributed by atoms with van der Waals surface area (Å²) < 4.78 is 19.3. The molecule has 1 heterocycles. The van der Waals surface area contributed by atoms with Crippen LogP contribution in [0, 0.1) is 11.7 Å². The molecular formula is C23H25FN2O3. The molecule has 2 aromatic rings. The van der Waals surface area contributed by atoms with Gasteiger partial charge in [-0.3, -0.25) is 14.5 Å². The molecule has 2 amide bonds. The molecular weight excluding hydrogens is 371 g/mol. The van der Waals surface area contributed by atoms with Crippen LogP contribution in [-0.2, 0) is 9.59 Å². The molecule has 6 heteroatoms. The smallest absolute Gasteiger partial charge is 0.278 e. The molecule has 0 aliphatic carbocycles. The van der Waals surface area contributed by atoms with Crippen molar-refractivity contribution in [3.63, 3.8) is 0 Å². The van der Waals surface area contributed by atoms with Gasteiger partial charge >= 0.3 is 0 Å². The highest BCUT2D eigenvalue weighted by atomic mass is 19.1. The molecule has 0 bridgehead atoms. The zero-order chi connectivity index (χ0) is 21.0. The number of carbonyl (C=O) groups excluding carboxylic acids is 2.